The van der Waals surface area contributed by atoms with Gasteiger partial charge in [-0.05, 0) is 192 Å². The Kier molecular flexibility index (Phi) is 9.56. The van der Waals surface area contributed by atoms with E-state index in [0.717, 1.165) is 0 Å². The molecule has 0 unspecified atom stereocenters. The average molecular weight is 979 g/mol. The topological polar surface area (TPSA) is 6.48 Å². The van der Waals surface area contributed by atoms with Gasteiger partial charge in [0.25, 0.3) is 6.71 Å². The van der Waals surface area contributed by atoms with Crippen LogP contribution in [0.4, 0.5) is 34.1 Å². The van der Waals surface area contributed by atoms with E-state index in [1.165, 1.54) is 160 Å². The van der Waals surface area contributed by atoms with Gasteiger partial charge in [0.15, 0.2) is 0 Å². The van der Waals surface area contributed by atoms with Crippen molar-refractivity contribution in [3.63, 3.8) is 0 Å². The molecule has 4 heteroatoms. The van der Waals surface area contributed by atoms with E-state index in [2.05, 4.69) is 236 Å². The second kappa shape index (κ2) is 14.7. The molecular weight excluding hydrogens is 900 g/mol. The highest BCUT2D eigenvalue weighted by Crippen LogP contribution is 2.59. The summed E-state index contributed by atoms with van der Waals surface area (Å²) in [5.74, 6) is 0. The zero-order valence-electron chi connectivity index (χ0n) is 47.4. The Balaban J connectivity index is 1.21. The van der Waals surface area contributed by atoms with Gasteiger partial charge in [0.1, 0.15) is 0 Å². The van der Waals surface area contributed by atoms with Crippen LogP contribution in [0.25, 0.3) is 21.2 Å². The Morgan fingerprint density at radius 2 is 0.973 bits per heavy atom. The molecule has 0 fully saturated rings. The van der Waals surface area contributed by atoms with Gasteiger partial charge in [-0.1, -0.05) is 166 Å². The molecule has 0 saturated carbocycles. The summed E-state index contributed by atoms with van der Waals surface area (Å²) < 4.78 is 2.90. The minimum Gasteiger partial charge on any atom is -0.311 e. The number of fused-ring (bicyclic) bond motifs is 12. The molecule has 6 aromatic carbocycles. The zero-order chi connectivity index (χ0) is 51.7. The third-order valence-corrected chi connectivity index (χ3v) is 21.6. The maximum absolute atomic E-state index is 2.82. The maximum Gasteiger partial charge on any atom is 0.264 e. The minimum absolute atomic E-state index is 0.0478. The highest BCUT2D eigenvalue weighted by molar-refractivity contribution is 7.33. The van der Waals surface area contributed by atoms with Crippen LogP contribution in [0.5, 0.6) is 0 Å². The van der Waals surface area contributed by atoms with Gasteiger partial charge in [-0.2, -0.15) is 0 Å². The van der Waals surface area contributed by atoms with Gasteiger partial charge in [0.2, 0.25) is 0 Å². The molecule has 0 radical (unpaired) electrons. The second-order valence-electron chi connectivity index (χ2n) is 29.4. The first-order valence-corrected chi connectivity index (χ1v) is 28.8. The van der Waals surface area contributed by atoms with Crippen molar-refractivity contribution in [2.24, 2.45) is 0 Å². The lowest BCUT2D eigenvalue weighted by molar-refractivity contribution is 0.332. The molecule has 0 spiro atoms. The van der Waals surface area contributed by atoms with Gasteiger partial charge in [0.05, 0.1) is 11.4 Å². The molecule has 73 heavy (non-hydrogen) atoms. The summed E-state index contributed by atoms with van der Waals surface area (Å²) in [6.07, 6.45) is 7.14. The van der Waals surface area contributed by atoms with Gasteiger partial charge in [-0.15, -0.1) is 11.3 Å². The van der Waals surface area contributed by atoms with Crippen molar-refractivity contribution in [2.45, 2.75) is 200 Å². The van der Waals surface area contributed by atoms with Crippen LogP contribution in [0.3, 0.4) is 0 Å². The minimum atomic E-state index is -0.134. The van der Waals surface area contributed by atoms with E-state index in [4.69, 9.17) is 0 Å². The number of hydrogen-bond donors (Lipinski definition) is 0. The lowest BCUT2D eigenvalue weighted by atomic mass is 9.35. The average Bonchev–Trinajstić information content (AvgIpc) is 3.81. The second-order valence-corrected chi connectivity index (χ2v) is 30.4. The number of rotatable bonds is 2. The highest BCUT2D eigenvalue weighted by atomic mass is 32.1. The summed E-state index contributed by atoms with van der Waals surface area (Å²) in [5, 5.41) is 1.41. The Bertz CT molecular complexity index is 3560. The molecular formula is C69H79BN2S. The molecule has 0 saturated heterocycles. The van der Waals surface area contributed by atoms with Crippen LogP contribution in [-0.4, -0.2) is 6.71 Å². The fraction of sp³-hybridized carbons (Fsp3) is 0.449. The molecule has 2 aliphatic heterocycles. The smallest absolute Gasteiger partial charge is 0.264 e. The molecule has 6 aliphatic rings. The number of anilines is 6. The van der Waals surface area contributed by atoms with Crippen molar-refractivity contribution >= 4 is 78.0 Å². The van der Waals surface area contributed by atoms with Crippen molar-refractivity contribution in [1.82, 2.24) is 0 Å². The maximum atomic E-state index is 2.82. The molecule has 0 N–H and O–H groups in total. The first-order chi connectivity index (χ1) is 34.0. The van der Waals surface area contributed by atoms with Crippen molar-refractivity contribution < 1.29 is 0 Å². The first-order valence-electron chi connectivity index (χ1n) is 28.0. The molecule has 7 aromatic rings. The number of thiophene rings is 1. The Morgan fingerprint density at radius 3 is 1.59 bits per heavy atom. The van der Waals surface area contributed by atoms with Gasteiger partial charge in [-0.25, -0.2) is 0 Å². The van der Waals surface area contributed by atoms with Crippen molar-refractivity contribution in [3.8, 4) is 11.1 Å². The van der Waals surface area contributed by atoms with Crippen molar-refractivity contribution in [3.05, 3.63) is 147 Å². The van der Waals surface area contributed by atoms with Crippen LogP contribution in [0, 0.1) is 0 Å². The standard InChI is InChI=1S/C69H79BN2S/c1-62(2,3)40-33-55-59-56(34-40)72(53-24-20-23-46-58(53)42-21-18-19-22-44(42)69(46,16)17)60-43-36-48-51(68(14,15)32-29-65(48,8)9)39-57(43)73-61(60)70(59)52-37-49-50(67(12,13)31-30-66(49,10)11)38-54(52)71(55)41-25-26-45-47(35-41)64(6,7)28-27-63(45,4)5/h18-26,33-39H,27-32H2,1-17H3. The van der Waals surface area contributed by atoms with Crippen LogP contribution in [-0.2, 0) is 43.3 Å². The first kappa shape index (κ1) is 47.6. The van der Waals surface area contributed by atoms with E-state index in [9.17, 15) is 0 Å². The van der Waals surface area contributed by atoms with E-state index < -0.39 is 0 Å². The SMILES string of the molecule is CC(C)(C)c1cc2c3c(c1)N(c1cccc4c1-c1ccccc1C4(C)C)c1c(sc4cc5c(cc14)C(C)(C)CCC5(C)C)B3c1cc3c(cc1N2c1ccc2c(c1)C(C)(C)CCC2(C)C)C(C)(C)CCC3(C)C. The van der Waals surface area contributed by atoms with Gasteiger partial charge in [-0.3, -0.25) is 0 Å². The summed E-state index contributed by atoms with van der Waals surface area (Å²) >= 11 is 2.09. The third kappa shape index (κ3) is 6.53. The molecule has 0 amide bonds. The normalized spacial score (nSPS) is 21.3. The molecule has 0 bridgehead atoms. The van der Waals surface area contributed by atoms with Crippen LogP contribution in [0.15, 0.2) is 97.1 Å². The molecule has 4 aliphatic carbocycles. The largest absolute Gasteiger partial charge is 0.311 e. The lowest BCUT2D eigenvalue weighted by Gasteiger charge is -2.48. The molecule has 3 heterocycles. The summed E-state index contributed by atoms with van der Waals surface area (Å²) in [5.41, 5.74) is 27.2. The molecule has 2 nitrogen and oxygen atoms in total. The molecule has 374 valence electrons. The number of nitrogens with zero attached hydrogens (tertiary/aromatic N) is 2. The Labute approximate surface area is 443 Å². The van der Waals surface area contributed by atoms with Gasteiger partial charge in [0, 0.05) is 48.6 Å². The lowest BCUT2D eigenvalue weighted by Crippen LogP contribution is -2.61. The van der Waals surface area contributed by atoms with E-state index in [1.54, 1.807) is 0 Å². The fourth-order valence-electron chi connectivity index (χ4n) is 15.2. The van der Waals surface area contributed by atoms with E-state index in [0.29, 0.717) is 0 Å². The predicted molar refractivity (Wildman–Crippen MR) is 318 cm³/mol. The van der Waals surface area contributed by atoms with E-state index >= 15 is 0 Å². The molecule has 13 rings (SSSR count). The molecule has 1 aromatic heterocycles. The van der Waals surface area contributed by atoms with E-state index in [-0.39, 0.29) is 50.0 Å². The van der Waals surface area contributed by atoms with Crippen LogP contribution >= 0.6 is 11.3 Å². The van der Waals surface area contributed by atoms with E-state index in [1.807, 2.05) is 0 Å². The van der Waals surface area contributed by atoms with Crippen LogP contribution in [0.1, 0.15) is 206 Å². The molecule has 0 atom stereocenters. The van der Waals surface area contributed by atoms with Crippen molar-refractivity contribution in [1.29, 1.82) is 0 Å². The van der Waals surface area contributed by atoms with Crippen LogP contribution < -0.4 is 25.5 Å². The van der Waals surface area contributed by atoms with Crippen LogP contribution in [0.2, 0.25) is 0 Å². The number of hydrogen-bond acceptors (Lipinski definition) is 3. The third-order valence-electron chi connectivity index (χ3n) is 20.4. The summed E-state index contributed by atoms with van der Waals surface area (Å²) in [6.45, 7) is 42.2. The summed E-state index contributed by atoms with van der Waals surface area (Å²) in [7, 11) is 0. The van der Waals surface area contributed by atoms with Gasteiger partial charge < -0.3 is 9.80 Å². The summed E-state index contributed by atoms with van der Waals surface area (Å²) in [4.78, 5) is 5.58. The monoisotopic (exact) mass is 979 g/mol. The van der Waals surface area contributed by atoms with Gasteiger partial charge >= 0.3 is 0 Å². The number of benzene rings is 6. The van der Waals surface area contributed by atoms with Crippen molar-refractivity contribution in [2.75, 3.05) is 9.80 Å². The predicted octanol–water partition coefficient (Wildman–Crippen LogP) is 17.6. The quantitative estimate of drug-likeness (QED) is 0.159. The zero-order valence-corrected chi connectivity index (χ0v) is 48.2. The Hall–Kier alpha value is -5.06. The highest BCUT2D eigenvalue weighted by Gasteiger charge is 2.51. The fourth-order valence-corrected chi connectivity index (χ4v) is 16.5. The summed E-state index contributed by atoms with van der Waals surface area (Å²) in [6, 6.07) is 40.3. The Morgan fingerprint density at radius 1 is 0.452 bits per heavy atom.